The van der Waals surface area contributed by atoms with E-state index in [9.17, 15) is 0 Å². The Morgan fingerprint density at radius 1 is 1.36 bits per heavy atom. The molecule has 0 saturated heterocycles. The molecule has 0 aliphatic heterocycles. The molecule has 0 spiro atoms. The second kappa shape index (κ2) is 4.58. The van der Waals surface area contributed by atoms with E-state index < -0.39 is 0 Å². The fraction of sp³-hybridized carbons (Fsp3) is 0.818. The highest BCUT2D eigenvalue weighted by Crippen LogP contribution is 2.29. The van der Waals surface area contributed by atoms with Crippen LogP contribution in [0.1, 0.15) is 51.9 Å². The van der Waals surface area contributed by atoms with Crippen molar-refractivity contribution in [2.45, 2.75) is 51.9 Å². The zero-order valence-electron chi connectivity index (χ0n) is 7.73. The lowest BCUT2D eigenvalue weighted by atomic mass is 9.98. The Kier molecular flexibility index (Phi) is 3.68. The highest BCUT2D eigenvalue weighted by atomic mass is 14.2. The van der Waals surface area contributed by atoms with Crippen molar-refractivity contribution in [1.29, 1.82) is 0 Å². The molecule has 0 heteroatoms. The number of hydrogen-bond acceptors (Lipinski definition) is 0. The van der Waals surface area contributed by atoms with Gasteiger partial charge in [0.25, 0.3) is 0 Å². The van der Waals surface area contributed by atoms with E-state index in [-0.39, 0.29) is 0 Å². The van der Waals surface area contributed by atoms with E-state index in [1.54, 1.807) is 0 Å². The van der Waals surface area contributed by atoms with Crippen LogP contribution in [0.25, 0.3) is 0 Å². The lowest BCUT2D eigenvalue weighted by Crippen LogP contribution is -1.93. The van der Waals surface area contributed by atoms with E-state index in [4.69, 9.17) is 0 Å². The lowest BCUT2D eigenvalue weighted by Gasteiger charge is -2.08. The van der Waals surface area contributed by atoms with Gasteiger partial charge >= 0.3 is 0 Å². The van der Waals surface area contributed by atoms with E-state index in [0.29, 0.717) is 0 Å². The van der Waals surface area contributed by atoms with Crippen molar-refractivity contribution < 1.29 is 0 Å². The summed E-state index contributed by atoms with van der Waals surface area (Å²) in [7, 11) is 0. The molecule has 0 nitrogen and oxygen atoms in total. The van der Waals surface area contributed by atoms with Crippen LogP contribution < -0.4 is 0 Å². The van der Waals surface area contributed by atoms with Crippen molar-refractivity contribution in [3.8, 4) is 0 Å². The average Bonchev–Trinajstić information content (AvgIpc) is 2.52. The van der Waals surface area contributed by atoms with E-state index in [0.717, 1.165) is 5.92 Å². The number of rotatable bonds is 4. The molecule has 1 saturated carbocycles. The van der Waals surface area contributed by atoms with Crippen LogP contribution in [-0.4, -0.2) is 0 Å². The highest BCUT2D eigenvalue weighted by Gasteiger charge is 2.14. The third-order valence-electron chi connectivity index (χ3n) is 2.88. The van der Waals surface area contributed by atoms with Crippen molar-refractivity contribution in [3.63, 3.8) is 0 Å². The van der Waals surface area contributed by atoms with Crippen molar-refractivity contribution in [2.75, 3.05) is 0 Å². The molecule has 0 N–H and O–H groups in total. The summed E-state index contributed by atoms with van der Waals surface area (Å²) in [6.07, 6.45) is 9.78. The molecular formula is C11H20. The maximum atomic E-state index is 4.03. The van der Waals surface area contributed by atoms with Crippen molar-refractivity contribution in [3.05, 3.63) is 12.2 Å². The van der Waals surface area contributed by atoms with Crippen LogP contribution in [0.5, 0.6) is 0 Å². The Morgan fingerprint density at radius 2 is 2.00 bits per heavy atom. The van der Waals surface area contributed by atoms with Gasteiger partial charge < -0.3 is 0 Å². The SMILES string of the molecule is C=C(CC)CCC1CCCC1. The van der Waals surface area contributed by atoms with Gasteiger partial charge in [-0.1, -0.05) is 44.8 Å². The van der Waals surface area contributed by atoms with Gasteiger partial charge in [0.15, 0.2) is 0 Å². The molecule has 0 unspecified atom stereocenters. The summed E-state index contributed by atoms with van der Waals surface area (Å²) in [4.78, 5) is 0. The topological polar surface area (TPSA) is 0 Å². The van der Waals surface area contributed by atoms with Gasteiger partial charge in [0.05, 0.1) is 0 Å². The first-order valence-corrected chi connectivity index (χ1v) is 4.99. The minimum atomic E-state index is 1.04. The largest absolute Gasteiger partial charge is 0.0999 e. The van der Waals surface area contributed by atoms with Gasteiger partial charge in [0.2, 0.25) is 0 Å². The summed E-state index contributed by atoms with van der Waals surface area (Å²) in [6.45, 7) is 6.24. The molecule has 0 aromatic carbocycles. The van der Waals surface area contributed by atoms with Gasteiger partial charge in [0, 0.05) is 0 Å². The molecule has 1 aliphatic rings. The molecule has 0 aromatic rings. The summed E-state index contributed by atoms with van der Waals surface area (Å²) in [5.41, 5.74) is 1.44. The molecule has 0 heterocycles. The van der Waals surface area contributed by atoms with Crippen molar-refractivity contribution >= 4 is 0 Å². The number of hydrogen-bond donors (Lipinski definition) is 0. The third kappa shape index (κ3) is 3.09. The van der Waals surface area contributed by atoms with Gasteiger partial charge in [-0.25, -0.2) is 0 Å². The third-order valence-corrected chi connectivity index (χ3v) is 2.88. The fourth-order valence-electron chi connectivity index (χ4n) is 1.88. The molecule has 64 valence electrons. The average molecular weight is 152 g/mol. The molecule has 0 amide bonds. The quantitative estimate of drug-likeness (QED) is 0.535. The van der Waals surface area contributed by atoms with Gasteiger partial charge in [-0.2, -0.15) is 0 Å². The summed E-state index contributed by atoms with van der Waals surface area (Å²) in [6, 6.07) is 0. The zero-order valence-corrected chi connectivity index (χ0v) is 7.73. The molecule has 1 aliphatic carbocycles. The molecule has 0 radical (unpaired) electrons. The van der Waals surface area contributed by atoms with Gasteiger partial charge in [-0.05, 0) is 25.2 Å². The molecule has 0 bridgehead atoms. The van der Waals surface area contributed by atoms with Crippen LogP contribution in [0.3, 0.4) is 0 Å². The predicted octanol–water partition coefficient (Wildman–Crippen LogP) is 3.92. The van der Waals surface area contributed by atoms with Crippen LogP contribution in [0, 0.1) is 5.92 Å². The molecule has 1 fully saturated rings. The first-order chi connectivity index (χ1) is 5.33. The lowest BCUT2D eigenvalue weighted by molar-refractivity contribution is 0.500. The minimum absolute atomic E-state index is 1.04. The van der Waals surface area contributed by atoms with E-state index >= 15 is 0 Å². The summed E-state index contributed by atoms with van der Waals surface area (Å²) >= 11 is 0. The van der Waals surface area contributed by atoms with Gasteiger partial charge in [-0.3, -0.25) is 0 Å². The molecule has 0 aromatic heterocycles. The molecule has 0 atom stereocenters. The van der Waals surface area contributed by atoms with Crippen LogP contribution in [-0.2, 0) is 0 Å². The Bertz CT molecular complexity index is 118. The maximum absolute atomic E-state index is 4.03. The summed E-state index contributed by atoms with van der Waals surface area (Å²) in [5.74, 6) is 1.04. The summed E-state index contributed by atoms with van der Waals surface area (Å²) in [5, 5.41) is 0. The minimum Gasteiger partial charge on any atom is -0.0999 e. The van der Waals surface area contributed by atoms with Gasteiger partial charge in [-0.15, -0.1) is 0 Å². The zero-order chi connectivity index (χ0) is 8.10. The maximum Gasteiger partial charge on any atom is -0.0320 e. The van der Waals surface area contributed by atoms with Crippen LogP contribution in [0.4, 0.5) is 0 Å². The second-order valence-electron chi connectivity index (χ2n) is 3.79. The monoisotopic (exact) mass is 152 g/mol. The normalized spacial score (nSPS) is 19.0. The second-order valence-corrected chi connectivity index (χ2v) is 3.79. The van der Waals surface area contributed by atoms with Crippen molar-refractivity contribution in [1.82, 2.24) is 0 Å². The van der Waals surface area contributed by atoms with Crippen LogP contribution >= 0.6 is 0 Å². The summed E-state index contributed by atoms with van der Waals surface area (Å²) < 4.78 is 0. The highest BCUT2D eigenvalue weighted by molar-refractivity contribution is 4.92. The van der Waals surface area contributed by atoms with E-state index in [1.807, 2.05) is 0 Å². The first kappa shape index (κ1) is 8.83. The van der Waals surface area contributed by atoms with Crippen LogP contribution in [0.2, 0.25) is 0 Å². The Labute approximate surface area is 70.7 Å². The van der Waals surface area contributed by atoms with Crippen molar-refractivity contribution in [2.24, 2.45) is 5.92 Å². The predicted molar refractivity (Wildman–Crippen MR) is 50.6 cm³/mol. The van der Waals surface area contributed by atoms with E-state index in [2.05, 4.69) is 13.5 Å². The standard InChI is InChI=1S/C11H20/c1-3-10(2)8-9-11-6-4-5-7-11/h11H,2-9H2,1H3. The first-order valence-electron chi connectivity index (χ1n) is 4.99. The molecule has 11 heavy (non-hydrogen) atoms. The van der Waals surface area contributed by atoms with E-state index in [1.165, 1.54) is 50.5 Å². The Morgan fingerprint density at radius 3 is 2.55 bits per heavy atom. The number of allylic oxidation sites excluding steroid dienone is 1. The molecular weight excluding hydrogens is 132 g/mol. The Balaban J connectivity index is 2.06. The van der Waals surface area contributed by atoms with Crippen LogP contribution in [0.15, 0.2) is 12.2 Å². The Hall–Kier alpha value is -0.260. The van der Waals surface area contributed by atoms with Gasteiger partial charge in [0.1, 0.15) is 0 Å². The smallest absolute Gasteiger partial charge is 0.0320 e. The molecule has 1 rings (SSSR count). The fourth-order valence-corrected chi connectivity index (χ4v) is 1.88.